The van der Waals surface area contributed by atoms with Gasteiger partial charge in [0.25, 0.3) is 5.91 Å². The molecule has 0 aliphatic carbocycles. The standard InChI is InChI=1S/C25H28N2O3S/c1-18-10-11-19(2)24(16-18)20(3)26-25(28)22-14-12-21(13-15-22)17-27(4)31(29,30)23-8-6-5-7-9-23/h5-16,20H,17H2,1-4H3,(H,26,28)/t20-/m1/s1. The molecule has 3 rings (SSSR count). The summed E-state index contributed by atoms with van der Waals surface area (Å²) in [5.74, 6) is -0.162. The van der Waals surface area contributed by atoms with Gasteiger partial charge in [0.15, 0.2) is 0 Å². The average molecular weight is 437 g/mol. The number of rotatable bonds is 7. The second-order valence-corrected chi connectivity index (χ2v) is 9.87. The molecule has 31 heavy (non-hydrogen) atoms. The molecule has 0 aliphatic heterocycles. The highest BCUT2D eigenvalue weighted by Crippen LogP contribution is 2.20. The molecule has 5 nitrogen and oxygen atoms in total. The van der Waals surface area contributed by atoms with Crippen molar-refractivity contribution in [1.82, 2.24) is 9.62 Å². The molecule has 0 heterocycles. The van der Waals surface area contributed by atoms with Crippen LogP contribution in [0.3, 0.4) is 0 Å². The number of aryl methyl sites for hydroxylation is 2. The fraction of sp³-hybridized carbons (Fsp3) is 0.240. The number of nitrogens with zero attached hydrogens (tertiary/aromatic N) is 1. The molecule has 0 spiro atoms. The summed E-state index contributed by atoms with van der Waals surface area (Å²) in [7, 11) is -2.01. The first-order valence-electron chi connectivity index (χ1n) is 10.2. The van der Waals surface area contributed by atoms with Gasteiger partial charge in [0.1, 0.15) is 0 Å². The van der Waals surface area contributed by atoms with Crippen LogP contribution in [0, 0.1) is 13.8 Å². The van der Waals surface area contributed by atoms with Crippen LogP contribution in [0.4, 0.5) is 0 Å². The summed E-state index contributed by atoms with van der Waals surface area (Å²) < 4.78 is 26.7. The lowest BCUT2D eigenvalue weighted by molar-refractivity contribution is 0.0939. The van der Waals surface area contributed by atoms with E-state index >= 15 is 0 Å². The zero-order valence-corrected chi connectivity index (χ0v) is 19.1. The molecule has 0 aliphatic rings. The van der Waals surface area contributed by atoms with E-state index in [1.54, 1.807) is 61.6 Å². The van der Waals surface area contributed by atoms with E-state index in [2.05, 4.69) is 23.5 Å². The van der Waals surface area contributed by atoms with Crippen LogP contribution in [0.25, 0.3) is 0 Å². The van der Waals surface area contributed by atoms with Crippen molar-refractivity contribution in [2.45, 2.75) is 38.3 Å². The molecule has 0 saturated heterocycles. The van der Waals surface area contributed by atoms with E-state index in [0.717, 1.165) is 22.3 Å². The molecule has 1 amide bonds. The third-order valence-electron chi connectivity index (χ3n) is 5.32. The minimum Gasteiger partial charge on any atom is -0.346 e. The Bertz CT molecular complexity index is 1160. The summed E-state index contributed by atoms with van der Waals surface area (Å²) in [6.45, 7) is 6.26. The Morgan fingerprint density at radius 2 is 1.61 bits per heavy atom. The van der Waals surface area contributed by atoms with Gasteiger partial charge in [0.05, 0.1) is 10.9 Å². The lowest BCUT2D eigenvalue weighted by Gasteiger charge is -2.18. The van der Waals surface area contributed by atoms with E-state index in [4.69, 9.17) is 0 Å². The van der Waals surface area contributed by atoms with Crippen molar-refractivity contribution in [3.05, 3.63) is 101 Å². The van der Waals surface area contributed by atoms with Crippen LogP contribution >= 0.6 is 0 Å². The van der Waals surface area contributed by atoms with Gasteiger partial charge in [-0.3, -0.25) is 4.79 Å². The summed E-state index contributed by atoms with van der Waals surface area (Å²) in [6, 6.07) is 21.5. The largest absolute Gasteiger partial charge is 0.346 e. The first-order valence-corrected chi connectivity index (χ1v) is 11.6. The quantitative estimate of drug-likeness (QED) is 0.588. The van der Waals surface area contributed by atoms with Gasteiger partial charge in [0, 0.05) is 19.2 Å². The maximum absolute atomic E-state index is 12.7. The van der Waals surface area contributed by atoms with Gasteiger partial charge in [-0.1, -0.05) is 54.1 Å². The Balaban J connectivity index is 1.67. The van der Waals surface area contributed by atoms with E-state index in [0.29, 0.717) is 5.56 Å². The smallest absolute Gasteiger partial charge is 0.251 e. The number of carbonyl (C=O) groups excluding carboxylic acids is 1. The monoisotopic (exact) mass is 436 g/mol. The summed E-state index contributed by atoms with van der Waals surface area (Å²) in [5.41, 5.74) is 4.73. The number of amides is 1. The maximum atomic E-state index is 12.7. The van der Waals surface area contributed by atoms with E-state index in [9.17, 15) is 13.2 Å². The zero-order valence-electron chi connectivity index (χ0n) is 18.3. The molecule has 0 radical (unpaired) electrons. The molecule has 0 unspecified atom stereocenters. The third-order valence-corrected chi connectivity index (χ3v) is 7.14. The summed E-state index contributed by atoms with van der Waals surface area (Å²) in [4.78, 5) is 12.9. The SMILES string of the molecule is Cc1ccc(C)c([C@@H](C)NC(=O)c2ccc(CN(C)S(=O)(=O)c3ccccc3)cc2)c1. The lowest BCUT2D eigenvalue weighted by atomic mass is 9.99. The van der Waals surface area contributed by atoms with Crippen molar-refractivity contribution < 1.29 is 13.2 Å². The van der Waals surface area contributed by atoms with Crippen LogP contribution in [0.15, 0.2) is 77.7 Å². The second-order valence-electron chi connectivity index (χ2n) is 7.83. The van der Waals surface area contributed by atoms with Crippen molar-refractivity contribution in [3.63, 3.8) is 0 Å². The molecular formula is C25H28N2O3S. The first-order chi connectivity index (χ1) is 14.7. The predicted molar refractivity (Wildman–Crippen MR) is 123 cm³/mol. The maximum Gasteiger partial charge on any atom is 0.251 e. The lowest BCUT2D eigenvalue weighted by Crippen LogP contribution is -2.27. The molecule has 0 saturated carbocycles. The molecule has 0 bridgehead atoms. The topological polar surface area (TPSA) is 66.5 Å². The van der Waals surface area contributed by atoms with E-state index in [1.807, 2.05) is 20.8 Å². The fourth-order valence-corrected chi connectivity index (χ4v) is 4.64. The van der Waals surface area contributed by atoms with Crippen molar-refractivity contribution in [1.29, 1.82) is 0 Å². The molecule has 0 fully saturated rings. The minimum atomic E-state index is -3.56. The number of carbonyl (C=O) groups is 1. The molecule has 0 aromatic heterocycles. The number of hydrogen-bond acceptors (Lipinski definition) is 3. The van der Waals surface area contributed by atoms with E-state index in [1.165, 1.54) is 4.31 Å². The molecule has 1 atom stereocenters. The Morgan fingerprint density at radius 1 is 0.968 bits per heavy atom. The van der Waals surface area contributed by atoms with Gasteiger partial charge in [0.2, 0.25) is 10.0 Å². The van der Waals surface area contributed by atoms with Gasteiger partial charge in [-0.25, -0.2) is 8.42 Å². The molecule has 3 aromatic rings. The summed E-state index contributed by atoms with van der Waals surface area (Å²) >= 11 is 0. The number of nitrogens with one attached hydrogen (secondary N) is 1. The van der Waals surface area contributed by atoms with Gasteiger partial charge in [-0.2, -0.15) is 4.31 Å². The molecule has 3 aromatic carbocycles. The Labute approximate surface area is 184 Å². The van der Waals surface area contributed by atoms with Crippen LogP contribution < -0.4 is 5.32 Å². The summed E-state index contributed by atoms with van der Waals surface area (Å²) in [5, 5.41) is 3.04. The van der Waals surface area contributed by atoms with Crippen molar-refractivity contribution in [2.24, 2.45) is 0 Å². The number of benzene rings is 3. The Kier molecular flexibility index (Phi) is 6.93. The Hall–Kier alpha value is -2.96. The van der Waals surface area contributed by atoms with Gasteiger partial charge in [-0.05, 0) is 61.7 Å². The van der Waals surface area contributed by atoms with Gasteiger partial charge >= 0.3 is 0 Å². The number of sulfonamides is 1. The fourth-order valence-electron chi connectivity index (χ4n) is 3.46. The van der Waals surface area contributed by atoms with E-state index in [-0.39, 0.29) is 23.4 Å². The van der Waals surface area contributed by atoms with Crippen molar-refractivity contribution >= 4 is 15.9 Å². The average Bonchev–Trinajstić information content (AvgIpc) is 2.76. The zero-order chi connectivity index (χ0) is 22.6. The highest BCUT2D eigenvalue weighted by atomic mass is 32.2. The van der Waals surface area contributed by atoms with Crippen LogP contribution in [-0.2, 0) is 16.6 Å². The normalized spacial score (nSPS) is 12.5. The van der Waals surface area contributed by atoms with Crippen LogP contribution in [0.1, 0.15) is 45.6 Å². The first kappa shape index (κ1) is 22.7. The molecular weight excluding hydrogens is 408 g/mol. The van der Waals surface area contributed by atoms with Crippen LogP contribution in [0.5, 0.6) is 0 Å². The summed E-state index contributed by atoms with van der Waals surface area (Å²) in [6.07, 6.45) is 0. The second kappa shape index (κ2) is 9.45. The van der Waals surface area contributed by atoms with Crippen molar-refractivity contribution in [3.8, 4) is 0 Å². The van der Waals surface area contributed by atoms with Crippen molar-refractivity contribution in [2.75, 3.05) is 7.05 Å². The van der Waals surface area contributed by atoms with E-state index < -0.39 is 10.0 Å². The van der Waals surface area contributed by atoms with Crippen LogP contribution in [0.2, 0.25) is 0 Å². The highest BCUT2D eigenvalue weighted by Gasteiger charge is 2.20. The van der Waals surface area contributed by atoms with Gasteiger partial charge in [-0.15, -0.1) is 0 Å². The number of hydrogen-bond donors (Lipinski definition) is 1. The minimum absolute atomic E-state index is 0.116. The predicted octanol–water partition coefficient (Wildman–Crippen LogP) is 4.62. The third kappa shape index (κ3) is 5.40. The molecule has 1 N–H and O–H groups in total. The van der Waals surface area contributed by atoms with Crippen LogP contribution in [-0.4, -0.2) is 25.7 Å². The van der Waals surface area contributed by atoms with Gasteiger partial charge < -0.3 is 5.32 Å². The molecule has 6 heteroatoms. The molecule has 162 valence electrons. The Morgan fingerprint density at radius 3 is 2.26 bits per heavy atom. The highest BCUT2D eigenvalue weighted by molar-refractivity contribution is 7.89.